The second-order valence-electron chi connectivity index (χ2n) is 11.4. The first-order valence-electron chi connectivity index (χ1n) is 14.6. The van der Waals surface area contributed by atoms with Crippen molar-refractivity contribution in [3.63, 3.8) is 0 Å². The van der Waals surface area contributed by atoms with Crippen LogP contribution in [0.4, 0.5) is 14.9 Å². The smallest absolute Gasteiger partial charge is 0.331 e. The van der Waals surface area contributed by atoms with Crippen molar-refractivity contribution in [2.75, 3.05) is 38.6 Å². The summed E-state index contributed by atoms with van der Waals surface area (Å²) >= 11 is 6.18. The van der Waals surface area contributed by atoms with Crippen molar-refractivity contribution in [1.82, 2.24) is 18.9 Å². The maximum atomic E-state index is 14.3. The zero-order valence-corrected chi connectivity index (χ0v) is 25.6. The molecule has 2 aliphatic heterocycles. The molecule has 3 N–H and O–H groups in total. The van der Waals surface area contributed by atoms with E-state index in [2.05, 4.69) is 12.2 Å². The topological polar surface area (TPSA) is 132 Å². The first-order chi connectivity index (χ1) is 21.0. The van der Waals surface area contributed by atoms with Crippen LogP contribution in [-0.2, 0) is 11.3 Å². The molecule has 0 spiro atoms. The monoisotopic (exact) mass is 626 g/mol. The number of fused-ring (bicyclic) bond motifs is 1. The molecular formula is C31H36ClFN6O5. The molecule has 13 heteroatoms. The van der Waals surface area contributed by atoms with Gasteiger partial charge in [-0.2, -0.15) is 0 Å². The first-order valence-corrected chi connectivity index (χ1v) is 15.0. The van der Waals surface area contributed by atoms with Crippen molar-refractivity contribution in [3.05, 3.63) is 79.8 Å². The molecule has 234 valence electrons. The summed E-state index contributed by atoms with van der Waals surface area (Å²) in [4.78, 5) is 56.8. The van der Waals surface area contributed by atoms with Gasteiger partial charge < -0.3 is 25.6 Å². The van der Waals surface area contributed by atoms with Crippen LogP contribution in [0.15, 0.2) is 52.2 Å². The molecule has 44 heavy (non-hydrogen) atoms. The standard InChI is InChI=1S/C31H36ClFN6O5/c1-18-15-38(30(42)35-26-8-7-21(44-3)13-23(18)26)20-9-11-36(12-10-20)27(40)17-37-16-24(22-5-4-6-25(33)28(22)32)29(41)39(31(37)43)19(2)14-34/h4-8,13,16,18-20H,9-12,14-15,17,34H2,1-3H3,(H,35,42). The lowest BCUT2D eigenvalue weighted by atomic mass is 9.97. The van der Waals surface area contributed by atoms with Gasteiger partial charge in [0.2, 0.25) is 5.91 Å². The second kappa shape index (κ2) is 12.8. The van der Waals surface area contributed by atoms with Crippen molar-refractivity contribution in [2.45, 2.75) is 51.2 Å². The average Bonchev–Trinajstić information content (AvgIpc) is 3.14. The van der Waals surface area contributed by atoms with Gasteiger partial charge in [-0.15, -0.1) is 0 Å². The lowest BCUT2D eigenvalue weighted by Crippen LogP contribution is -2.51. The fraction of sp³-hybridized carbons (Fsp3) is 0.419. The van der Waals surface area contributed by atoms with Crippen LogP contribution in [0, 0.1) is 5.82 Å². The van der Waals surface area contributed by atoms with Gasteiger partial charge in [-0.1, -0.05) is 30.7 Å². The number of carbonyl (C=O) groups is 2. The summed E-state index contributed by atoms with van der Waals surface area (Å²) in [5, 5.41) is 2.76. The minimum atomic E-state index is -0.713. The number of carbonyl (C=O) groups excluding carboxylic acids is 2. The third-order valence-electron chi connectivity index (χ3n) is 8.54. The number of urea groups is 1. The highest BCUT2D eigenvalue weighted by molar-refractivity contribution is 6.33. The number of halogens is 2. The molecule has 3 heterocycles. The Morgan fingerprint density at radius 2 is 1.89 bits per heavy atom. The van der Waals surface area contributed by atoms with Crippen molar-refractivity contribution >= 4 is 29.2 Å². The van der Waals surface area contributed by atoms with E-state index >= 15 is 0 Å². The molecule has 3 amide bonds. The largest absolute Gasteiger partial charge is 0.497 e. The van der Waals surface area contributed by atoms with Crippen molar-refractivity contribution in [3.8, 4) is 16.9 Å². The van der Waals surface area contributed by atoms with Crippen LogP contribution in [0.1, 0.15) is 44.2 Å². The number of amides is 3. The molecule has 0 saturated carbocycles. The van der Waals surface area contributed by atoms with Gasteiger partial charge >= 0.3 is 11.7 Å². The summed E-state index contributed by atoms with van der Waals surface area (Å²) in [6.07, 6.45) is 2.38. The normalized spacial score (nSPS) is 18.0. The summed E-state index contributed by atoms with van der Waals surface area (Å²) in [5.74, 6) is -0.239. The third-order valence-corrected chi connectivity index (χ3v) is 8.92. The summed E-state index contributed by atoms with van der Waals surface area (Å²) in [6, 6.07) is 8.74. The van der Waals surface area contributed by atoms with E-state index < -0.39 is 23.1 Å². The Labute approximate surface area is 259 Å². The molecule has 5 rings (SSSR count). The molecule has 1 fully saturated rings. The number of rotatable bonds is 7. The molecule has 0 radical (unpaired) electrons. The zero-order valence-electron chi connectivity index (χ0n) is 24.9. The van der Waals surface area contributed by atoms with E-state index in [0.29, 0.717) is 32.5 Å². The maximum Gasteiger partial charge on any atom is 0.331 e. The Hall–Kier alpha value is -4.16. The predicted molar refractivity (Wildman–Crippen MR) is 166 cm³/mol. The Kier molecular flexibility index (Phi) is 9.12. The van der Waals surface area contributed by atoms with Crippen LogP contribution in [-0.4, -0.2) is 70.2 Å². The first kappa shape index (κ1) is 31.3. The number of ether oxygens (including phenoxy) is 1. The molecule has 3 aromatic rings. The van der Waals surface area contributed by atoms with Crippen LogP contribution in [0.5, 0.6) is 5.75 Å². The van der Waals surface area contributed by atoms with Crippen LogP contribution in [0.2, 0.25) is 5.02 Å². The minimum Gasteiger partial charge on any atom is -0.497 e. The van der Waals surface area contributed by atoms with E-state index in [1.807, 2.05) is 23.1 Å². The molecule has 2 aromatic carbocycles. The van der Waals surface area contributed by atoms with Gasteiger partial charge in [0.1, 0.15) is 18.1 Å². The van der Waals surface area contributed by atoms with Crippen molar-refractivity contribution < 1.29 is 18.7 Å². The van der Waals surface area contributed by atoms with Crippen molar-refractivity contribution in [2.24, 2.45) is 5.73 Å². The lowest BCUT2D eigenvalue weighted by Gasteiger charge is -2.38. The highest BCUT2D eigenvalue weighted by Crippen LogP contribution is 2.34. The summed E-state index contributed by atoms with van der Waals surface area (Å²) in [5.41, 5.74) is 6.28. The number of piperidine rings is 1. The van der Waals surface area contributed by atoms with Gasteiger partial charge in [0.05, 0.1) is 23.7 Å². The number of nitrogens with two attached hydrogens (primary N) is 1. The molecule has 11 nitrogen and oxygen atoms in total. The van der Waals surface area contributed by atoms with E-state index in [1.54, 1.807) is 18.9 Å². The number of likely N-dealkylation sites (tertiary alicyclic amines) is 1. The number of anilines is 1. The molecule has 2 aliphatic rings. The number of hydrogen-bond acceptors (Lipinski definition) is 6. The zero-order chi connectivity index (χ0) is 31.7. The predicted octanol–water partition coefficient (Wildman–Crippen LogP) is 3.64. The Morgan fingerprint density at radius 1 is 1.16 bits per heavy atom. The number of methoxy groups -OCH3 is 1. The van der Waals surface area contributed by atoms with Crippen LogP contribution in [0.3, 0.4) is 0 Å². The van der Waals surface area contributed by atoms with E-state index in [1.165, 1.54) is 24.4 Å². The SMILES string of the molecule is COc1ccc2c(c1)C(C)CN(C1CCN(C(=O)Cn3cc(-c4cccc(F)c4Cl)c(=O)n(C(C)CN)c3=O)CC1)C(=O)N2. The van der Waals surface area contributed by atoms with Crippen LogP contribution < -0.4 is 27.0 Å². The molecule has 2 unspecified atom stereocenters. The second-order valence-corrected chi connectivity index (χ2v) is 11.7. The highest BCUT2D eigenvalue weighted by atomic mass is 35.5. The van der Waals surface area contributed by atoms with E-state index in [-0.39, 0.29) is 53.1 Å². The number of nitrogens with zero attached hydrogens (tertiary/aromatic N) is 4. The lowest BCUT2D eigenvalue weighted by molar-refractivity contribution is -0.133. The quantitative estimate of drug-likeness (QED) is 0.412. The number of nitrogens with one attached hydrogen (secondary N) is 1. The fourth-order valence-electron chi connectivity index (χ4n) is 5.97. The van der Waals surface area contributed by atoms with Crippen LogP contribution >= 0.6 is 11.6 Å². The molecular weight excluding hydrogens is 591 g/mol. The third kappa shape index (κ3) is 5.96. The summed E-state index contributed by atoms with van der Waals surface area (Å²) < 4.78 is 21.8. The molecule has 1 saturated heterocycles. The fourth-order valence-corrected chi connectivity index (χ4v) is 6.19. The molecule has 2 atom stereocenters. The Morgan fingerprint density at radius 3 is 2.57 bits per heavy atom. The van der Waals surface area contributed by atoms with Gasteiger partial charge in [0.15, 0.2) is 0 Å². The number of hydrogen-bond donors (Lipinski definition) is 2. The van der Waals surface area contributed by atoms with E-state index in [4.69, 9.17) is 22.1 Å². The summed E-state index contributed by atoms with van der Waals surface area (Å²) in [6.45, 7) is 4.64. The maximum absolute atomic E-state index is 14.3. The van der Waals surface area contributed by atoms with Gasteiger partial charge in [-0.05, 0) is 49.6 Å². The minimum absolute atomic E-state index is 0.00172. The van der Waals surface area contributed by atoms with Crippen molar-refractivity contribution in [1.29, 1.82) is 0 Å². The molecule has 0 bridgehead atoms. The van der Waals surface area contributed by atoms with Gasteiger partial charge in [0.25, 0.3) is 5.56 Å². The Balaban J connectivity index is 1.33. The van der Waals surface area contributed by atoms with Gasteiger partial charge in [0, 0.05) is 55.6 Å². The van der Waals surface area contributed by atoms with Gasteiger partial charge in [-0.3, -0.25) is 18.7 Å². The highest BCUT2D eigenvalue weighted by Gasteiger charge is 2.34. The van der Waals surface area contributed by atoms with E-state index in [9.17, 15) is 23.6 Å². The molecule has 1 aromatic heterocycles. The van der Waals surface area contributed by atoms with Gasteiger partial charge in [-0.25, -0.2) is 14.0 Å². The van der Waals surface area contributed by atoms with Crippen LogP contribution in [0.25, 0.3) is 11.1 Å². The Bertz CT molecular complexity index is 1700. The summed E-state index contributed by atoms with van der Waals surface area (Å²) in [7, 11) is 1.61. The average molecular weight is 627 g/mol. The van der Waals surface area contributed by atoms with E-state index in [0.717, 1.165) is 26.1 Å². The number of benzene rings is 2. The number of aromatic nitrogens is 2. The molecule has 0 aliphatic carbocycles.